The summed E-state index contributed by atoms with van der Waals surface area (Å²) in [6, 6.07) is 33.6. The van der Waals surface area contributed by atoms with E-state index >= 15 is 0 Å². The Kier molecular flexibility index (Phi) is 15.4. The van der Waals surface area contributed by atoms with E-state index in [-0.39, 0.29) is 42.0 Å². The van der Waals surface area contributed by atoms with Gasteiger partial charge in [-0.2, -0.15) is 0 Å². The molecule has 1 fully saturated rings. The maximum atomic E-state index is 14.3. The first-order valence-corrected chi connectivity index (χ1v) is 25.7. The number of nitrogens with two attached hydrogens (primary N) is 1. The number of hydrogen-bond acceptors (Lipinski definition) is 10. The number of unbranched alkanes of at least 4 members (excludes halogenated alkanes) is 9. The molecule has 0 unspecified atom stereocenters. The fraction of sp³-hybridized carbons (Fsp3) is 0.407. The van der Waals surface area contributed by atoms with E-state index in [4.69, 9.17) is 5.73 Å². The Balaban J connectivity index is 0.911. The standard InChI is InChI=1S/C54H65N4O8P/c1-57(2)42-34-41(48(60)45-39(42)32-35-33-40-47(58(3)4)50(62)46(53(55)65)52(64)54(40,66)51(63)44(35)49(45)61)56-43(59)30-22-11-9-7-5-6-8-10-12-23-31-67(36-24-16-13-17-25-36,37-26-18-14-19-27-37)38-28-20-15-21-29-38/h13-21,24-29,34-35,40,47,66H,5-12,22-23,30-33H2,1-4H3,(H5-,55,56,59,60,61,62,63,64,65)/p+1/t35-,40-,47-,54-/m0/s1. The van der Waals surface area contributed by atoms with E-state index in [1.165, 1.54) is 52.9 Å². The van der Waals surface area contributed by atoms with Crippen molar-refractivity contribution >= 4 is 63.7 Å². The molecule has 3 aliphatic rings. The number of ketones is 2. The number of carbonyl (C=O) groups is 4. The van der Waals surface area contributed by atoms with E-state index < -0.39 is 71.1 Å². The molecule has 4 aromatic carbocycles. The van der Waals surface area contributed by atoms with Crippen LogP contribution in [0.5, 0.6) is 5.75 Å². The molecule has 354 valence electrons. The summed E-state index contributed by atoms with van der Waals surface area (Å²) >= 11 is 0. The number of likely N-dealkylation sites (N-methyl/N-ethyl adjacent to an activating group) is 1. The van der Waals surface area contributed by atoms with Gasteiger partial charge in [0.2, 0.25) is 11.7 Å². The smallest absolute Gasteiger partial charge is 0.255 e. The quantitative estimate of drug-likeness (QED) is 0.0228. The molecule has 0 spiro atoms. The summed E-state index contributed by atoms with van der Waals surface area (Å²) in [5.41, 5.74) is 2.70. The normalized spacial score (nSPS) is 20.4. The van der Waals surface area contributed by atoms with Gasteiger partial charge in [-0.05, 0) is 100 Å². The number of aliphatic hydroxyl groups is 3. The van der Waals surface area contributed by atoms with Crippen molar-refractivity contribution in [2.24, 2.45) is 17.6 Å². The number of nitrogens with zero attached hydrogens (tertiary/aromatic N) is 2. The third kappa shape index (κ3) is 9.54. The summed E-state index contributed by atoms with van der Waals surface area (Å²) in [5.74, 6) is -7.55. The highest BCUT2D eigenvalue weighted by Gasteiger charge is 2.64. The Bertz CT molecular complexity index is 2430. The van der Waals surface area contributed by atoms with Crippen molar-refractivity contribution in [3.8, 4) is 5.75 Å². The Labute approximate surface area is 394 Å². The summed E-state index contributed by atoms with van der Waals surface area (Å²) in [6.45, 7) is 0. The number of hydrogen-bond donors (Lipinski definition) is 6. The van der Waals surface area contributed by atoms with Gasteiger partial charge in [0.05, 0.1) is 23.5 Å². The second kappa shape index (κ2) is 21.0. The molecular formula is C54H66N4O8P+. The third-order valence-corrected chi connectivity index (χ3v) is 18.7. The van der Waals surface area contributed by atoms with Crippen molar-refractivity contribution in [2.75, 3.05) is 44.6 Å². The summed E-state index contributed by atoms with van der Waals surface area (Å²) in [6.07, 6.45) is 12.3. The lowest BCUT2D eigenvalue weighted by Crippen LogP contribution is -2.65. The molecule has 0 saturated heterocycles. The van der Waals surface area contributed by atoms with Crippen LogP contribution in [0.4, 0.5) is 11.4 Å². The van der Waals surface area contributed by atoms with E-state index in [1.54, 1.807) is 39.2 Å². The van der Waals surface area contributed by atoms with Gasteiger partial charge < -0.3 is 36.4 Å². The molecule has 13 heteroatoms. The van der Waals surface area contributed by atoms with E-state index in [1.807, 2.05) is 0 Å². The van der Waals surface area contributed by atoms with Crippen molar-refractivity contribution < 1.29 is 39.6 Å². The predicted octanol–water partition coefficient (Wildman–Crippen LogP) is 7.25. The molecule has 1 saturated carbocycles. The topological polar surface area (TPSA) is 194 Å². The number of anilines is 2. The number of phenols is 1. The van der Waals surface area contributed by atoms with Crippen molar-refractivity contribution in [1.29, 1.82) is 0 Å². The highest BCUT2D eigenvalue weighted by atomic mass is 31.2. The van der Waals surface area contributed by atoms with Crippen LogP contribution in [-0.2, 0) is 25.6 Å². The van der Waals surface area contributed by atoms with E-state index in [0.717, 1.165) is 31.8 Å². The highest BCUT2D eigenvalue weighted by Crippen LogP contribution is 2.57. The van der Waals surface area contributed by atoms with Gasteiger partial charge in [-0.15, -0.1) is 0 Å². The molecule has 0 radical (unpaired) electrons. The number of nitrogens with one attached hydrogen (secondary N) is 1. The van der Waals surface area contributed by atoms with Gasteiger partial charge in [-0.1, -0.05) is 99.5 Å². The van der Waals surface area contributed by atoms with Crippen LogP contribution < -0.4 is 31.9 Å². The number of rotatable bonds is 20. The average Bonchev–Trinajstić information content (AvgIpc) is 3.30. The summed E-state index contributed by atoms with van der Waals surface area (Å²) in [7, 11) is 4.89. The van der Waals surface area contributed by atoms with E-state index in [9.17, 15) is 39.6 Å². The zero-order chi connectivity index (χ0) is 48.0. The molecule has 0 bridgehead atoms. The molecule has 7 N–H and O–H groups in total. The van der Waals surface area contributed by atoms with Crippen molar-refractivity contribution in [3.63, 3.8) is 0 Å². The summed E-state index contributed by atoms with van der Waals surface area (Å²) < 4.78 is 0. The van der Waals surface area contributed by atoms with Crippen LogP contribution in [0.25, 0.3) is 5.76 Å². The van der Waals surface area contributed by atoms with Crippen LogP contribution in [0.1, 0.15) is 88.2 Å². The molecule has 12 nitrogen and oxygen atoms in total. The molecule has 7 rings (SSSR count). The zero-order valence-corrected chi connectivity index (χ0v) is 40.1. The number of fused-ring (bicyclic) bond motifs is 3. The first-order chi connectivity index (χ1) is 32.1. The number of primary amides is 1. The minimum atomic E-state index is -2.74. The van der Waals surface area contributed by atoms with Crippen molar-refractivity contribution in [1.82, 2.24) is 4.90 Å². The zero-order valence-electron chi connectivity index (χ0n) is 39.2. The third-order valence-electron chi connectivity index (χ3n) is 14.2. The monoisotopic (exact) mass is 929 g/mol. The lowest BCUT2D eigenvalue weighted by atomic mass is 9.57. The lowest BCUT2D eigenvalue weighted by Gasteiger charge is -2.50. The molecule has 2 amide bonds. The number of aromatic hydroxyl groups is 1. The number of amides is 2. The van der Waals surface area contributed by atoms with Gasteiger partial charge in [0.25, 0.3) is 5.91 Å². The van der Waals surface area contributed by atoms with Crippen LogP contribution in [0.2, 0.25) is 0 Å². The first kappa shape index (κ1) is 49.1. The van der Waals surface area contributed by atoms with Gasteiger partial charge in [0.15, 0.2) is 11.4 Å². The molecule has 3 aliphatic carbocycles. The van der Waals surface area contributed by atoms with Gasteiger partial charge in [-0.3, -0.25) is 24.1 Å². The largest absolute Gasteiger partial charge is 0.508 e. The SMILES string of the molecule is CN(C)c1cc(NC(=O)CCCCCCCCCCCC[P+](c2ccccc2)(c2ccccc2)c2ccccc2)c(O)c2c1C[C@H]1C[C@H]3[C@H](N(C)C)C(=O)C(C(N)=O)=C(O)[C@@]3(O)C(=O)C1=C2O. The molecule has 4 aromatic rings. The van der Waals surface area contributed by atoms with E-state index in [0.29, 0.717) is 17.7 Å². The van der Waals surface area contributed by atoms with Crippen LogP contribution in [0.15, 0.2) is 114 Å². The molecule has 0 aromatic heterocycles. The minimum absolute atomic E-state index is 0.0138. The summed E-state index contributed by atoms with van der Waals surface area (Å²) in [5, 5.41) is 53.7. The maximum absolute atomic E-state index is 14.3. The highest BCUT2D eigenvalue weighted by molar-refractivity contribution is 7.95. The molecule has 4 atom stereocenters. The Morgan fingerprint density at radius 2 is 1.24 bits per heavy atom. The number of phenolic OH excluding ortho intramolecular Hbond substituents is 1. The van der Waals surface area contributed by atoms with Gasteiger partial charge in [0.1, 0.15) is 46.0 Å². The van der Waals surface area contributed by atoms with E-state index in [2.05, 4.69) is 96.3 Å². The molecule has 0 heterocycles. The van der Waals surface area contributed by atoms with Crippen LogP contribution in [0, 0.1) is 11.8 Å². The second-order valence-electron chi connectivity index (χ2n) is 18.9. The second-order valence-corrected chi connectivity index (χ2v) is 22.5. The van der Waals surface area contributed by atoms with Gasteiger partial charge in [-0.25, -0.2) is 0 Å². The lowest BCUT2D eigenvalue weighted by molar-refractivity contribution is -0.153. The van der Waals surface area contributed by atoms with Gasteiger partial charge in [0, 0.05) is 37.7 Å². The number of aliphatic hydroxyl groups excluding tert-OH is 2. The first-order valence-electron chi connectivity index (χ1n) is 23.7. The Morgan fingerprint density at radius 1 is 0.746 bits per heavy atom. The fourth-order valence-electron chi connectivity index (χ4n) is 10.9. The minimum Gasteiger partial charge on any atom is -0.508 e. The van der Waals surface area contributed by atoms with Crippen LogP contribution >= 0.6 is 7.26 Å². The van der Waals surface area contributed by atoms with Crippen molar-refractivity contribution in [2.45, 2.75) is 95.1 Å². The maximum Gasteiger partial charge on any atom is 0.255 e. The number of benzene rings is 4. The fourth-order valence-corrected chi connectivity index (χ4v) is 15.3. The number of carbonyl (C=O) groups excluding carboxylic acids is 4. The molecular weight excluding hydrogens is 864 g/mol. The van der Waals surface area contributed by atoms with Crippen LogP contribution in [0.3, 0.4) is 0 Å². The predicted molar refractivity (Wildman–Crippen MR) is 268 cm³/mol. The van der Waals surface area contributed by atoms with Gasteiger partial charge >= 0.3 is 0 Å². The Morgan fingerprint density at radius 3 is 1.72 bits per heavy atom. The average molecular weight is 930 g/mol. The summed E-state index contributed by atoms with van der Waals surface area (Å²) in [4.78, 5) is 56.6. The Hall–Kier alpha value is -5.81. The van der Waals surface area contributed by atoms with Crippen LogP contribution in [-0.4, -0.2) is 94.7 Å². The molecule has 67 heavy (non-hydrogen) atoms. The molecule has 0 aliphatic heterocycles. The number of Topliss-reactive ketones (excluding diaryl/α,β-unsaturated/α-hetero) is 2. The van der Waals surface area contributed by atoms with Crippen molar-refractivity contribution in [3.05, 3.63) is 125 Å².